The van der Waals surface area contributed by atoms with Crippen molar-refractivity contribution in [3.05, 3.63) is 95.9 Å². The molecule has 0 aliphatic rings. The van der Waals surface area contributed by atoms with Crippen molar-refractivity contribution >= 4 is 17.0 Å². The minimum Gasteiger partial charge on any atom is -0.337 e. The Kier molecular flexibility index (Phi) is 4.99. The molecule has 0 N–H and O–H groups in total. The lowest BCUT2D eigenvalue weighted by atomic mass is 10.1. The van der Waals surface area contributed by atoms with Crippen LogP contribution in [0.5, 0.6) is 0 Å². The van der Waals surface area contributed by atoms with Gasteiger partial charge in [0.05, 0.1) is 28.0 Å². The first-order chi connectivity index (χ1) is 15.6. The molecule has 7 nitrogen and oxygen atoms in total. The van der Waals surface area contributed by atoms with Crippen LogP contribution in [-0.2, 0) is 6.54 Å². The molecule has 7 heteroatoms. The molecule has 0 bridgehead atoms. The number of fused-ring (bicyclic) bond motifs is 1. The van der Waals surface area contributed by atoms with Crippen molar-refractivity contribution in [3.8, 4) is 16.9 Å². The third kappa shape index (κ3) is 3.65. The molecule has 158 valence electrons. The third-order valence-corrected chi connectivity index (χ3v) is 5.37. The summed E-state index contributed by atoms with van der Waals surface area (Å²) in [6.07, 6.45) is 3.50. The monoisotopic (exact) mass is 423 g/mol. The van der Waals surface area contributed by atoms with Crippen LogP contribution in [0.4, 0.5) is 0 Å². The number of benzene rings is 2. The number of carbonyl (C=O) groups excluding carboxylic acids is 1. The normalized spacial score (nSPS) is 11.1. The van der Waals surface area contributed by atoms with E-state index in [0.717, 1.165) is 27.9 Å². The quantitative estimate of drug-likeness (QED) is 0.411. The Morgan fingerprint density at radius 2 is 1.78 bits per heavy atom. The SMILES string of the molecule is Cc1noc2ncc(C(=O)N(C)Cc3cn(-c4ccccc4)nc3-c3ccccc3)cc12. The Labute approximate surface area is 184 Å². The van der Waals surface area contributed by atoms with Gasteiger partial charge in [0.2, 0.25) is 0 Å². The number of para-hydroxylation sites is 1. The van der Waals surface area contributed by atoms with Crippen LogP contribution >= 0.6 is 0 Å². The van der Waals surface area contributed by atoms with Crippen molar-refractivity contribution in [3.63, 3.8) is 0 Å². The first kappa shape index (κ1) is 19.7. The summed E-state index contributed by atoms with van der Waals surface area (Å²) in [5.41, 5.74) is 5.38. The van der Waals surface area contributed by atoms with E-state index in [-0.39, 0.29) is 5.91 Å². The van der Waals surface area contributed by atoms with E-state index in [2.05, 4.69) is 10.1 Å². The molecule has 3 aromatic heterocycles. The second kappa shape index (κ2) is 8.11. The fourth-order valence-corrected chi connectivity index (χ4v) is 3.69. The molecule has 32 heavy (non-hydrogen) atoms. The lowest BCUT2D eigenvalue weighted by molar-refractivity contribution is 0.0785. The van der Waals surface area contributed by atoms with Crippen molar-refractivity contribution in [1.82, 2.24) is 24.8 Å². The average Bonchev–Trinajstić information content (AvgIpc) is 3.43. The van der Waals surface area contributed by atoms with E-state index in [9.17, 15) is 4.79 Å². The zero-order valence-corrected chi connectivity index (χ0v) is 17.8. The third-order valence-electron chi connectivity index (χ3n) is 5.37. The highest BCUT2D eigenvalue weighted by molar-refractivity contribution is 5.96. The van der Waals surface area contributed by atoms with Crippen molar-refractivity contribution < 1.29 is 9.32 Å². The predicted octanol–water partition coefficient (Wildman–Crippen LogP) is 4.66. The fourth-order valence-electron chi connectivity index (χ4n) is 3.69. The maximum absolute atomic E-state index is 13.2. The van der Waals surface area contributed by atoms with Gasteiger partial charge in [0.15, 0.2) is 0 Å². The largest absolute Gasteiger partial charge is 0.337 e. The topological polar surface area (TPSA) is 77.0 Å². The smallest absolute Gasteiger partial charge is 0.257 e. The number of rotatable bonds is 5. The highest BCUT2D eigenvalue weighted by Crippen LogP contribution is 2.25. The van der Waals surface area contributed by atoms with Gasteiger partial charge in [-0.15, -0.1) is 0 Å². The van der Waals surface area contributed by atoms with Crippen LogP contribution in [0.2, 0.25) is 0 Å². The molecule has 2 aromatic carbocycles. The van der Waals surface area contributed by atoms with Crippen LogP contribution in [0.15, 0.2) is 83.6 Å². The summed E-state index contributed by atoms with van der Waals surface area (Å²) in [5.74, 6) is -0.133. The van der Waals surface area contributed by atoms with E-state index in [1.54, 1.807) is 18.0 Å². The van der Waals surface area contributed by atoms with Gasteiger partial charge in [-0.2, -0.15) is 5.10 Å². The van der Waals surface area contributed by atoms with Crippen LogP contribution in [0.25, 0.3) is 28.0 Å². The summed E-state index contributed by atoms with van der Waals surface area (Å²) in [7, 11) is 1.78. The van der Waals surface area contributed by atoms with Gasteiger partial charge in [0.1, 0.15) is 0 Å². The van der Waals surface area contributed by atoms with Gasteiger partial charge >= 0.3 is 0 Å². The summed E-state index contributed by atoms with van der Waals surface area (Å²) < 4.78 is 7.00. The molecule has 5 rings (SSSR count). The Balaban J connectivity index is 1.48. The van der Waals surface area contributed by atoms with Gasteiger partial charge in [-0.25, -0.2) is 9.67 Å². The standard InChI is InChI=1S/C25H21N5O2/c1-17-22-13-19(14-26-24(22)32-28-17)25(31)29(2)15-20-16-30(21-11-7-4-8-12-21)27-23(20)18-9-5-3-6-10-18/h3-14,16H,15H2,1-2H3. The van der Waals surface area contributed by atoms with Crippen LogP contribution < -0.4 is 0 Å². The van der Waals surface area contributed by atoms with Crippen LogP contribution in [-0.4, -0.2) is 37.8 Å². The number of aromatic nitrogens is 4. The van der Waals surface area contributed by atoms with Crippen molar-refractivity contribution in [2.45, 2.75) is 13.5 Å². The van der Waals surface area contributed by atoms with Crippen molar-refractivity contribution in [2.75, 3.05) is 7.05 Å². The Hall–Kier alpha value is -4.26. The number of amides is 1. The number of hydrogen-bond acceptors (Lipinski definition) is 5. The van der Waals surface area contributed by atoms with Gasteiger partial charge in [0.25, 0.3) is 11.6 Å². The van der Waals surface area contributed by atoms with Crippen LogP contribution in [0, 0.1) is 6.92 Å². The molecule has 0 spiro atoms. The van der Waals surface area contributed by atoms with E-state index < -0.39 is 0 Å². The van der Waals surface area contributed by atoms with Crippen LogP contribution in [0.3, 0.4) is 0 Å². The Bertz CT molecular complexity index is 1390. The van der Waals surface area contributed by atoms with Crippen molar-refractivity contribution in [2.24, 2.45) is 0 Å². The maximum atomic E-state index is 13.2. The molecular formula is C25H21N5O2. The minimum absolute atomic E-state index is 0.133. The van der Waals surface area contributed by atoms with Crippen molar-refractivity contribution in [1.29, 1.82) is 0 Å². The van der Waals surface area contributed by atoms with Gasteiger partial charge < -0.3 is 9.42 Å². The molecule has 1 amide bonds. The number of aryl methyl sites for hydroxylation is 1. The first-order valence-corrected chi connectivity index (χ1v) is 10.3. The summed E-state index contributed by atoms with van der Waals surface area (Å²) in [4.78, 5) is 19.1. The summed E-state index contributed by atoms with van der Waals surface area (Å²) in [6, 6.07) is 21.7. The molecule has 0 aliphatic carbocycles. The molecule has 0 saturated heterocycles. The van der Waals surface area contributed by atoms with Gasteiger partial charge in [-0.1, -0.05) is 53.7 Å². The molecular weight excluding hydrogens is 402 g/mol. The number of carbonyl (C=O) groups is 1. The molecule has 5 aromatic rings. The summed E-state index contributed by atoms with van der Waals surface area (Å²) >= 11 is 0. The average molecular weight is 423 g/mol. The molecule has 0 unspecified atom stereocenters. The predicted molar refractivity (Wildman–Crippen MR) is 121 cm³/mol. The summed E-state index contributed by atoms with van der Waals surface area (Å²) in [6.45, 7) is 2.23. The van der Waals surface area contributed by atoms with Crippen LogP contribution in [0.1, 0.15) is 21.6 Å². The van der Waals surface area contributed by atoms with Gasteiger partial charge in [0, 0.05) is 37.1 Å². The fraction of sp³-hybridized carbons (Fsp3) is 0.120. The minimum atomic E-state index is -0.133. The second-order valence-corrected chi connectivity index (χ2v) is 7.65. The molecule has 0 atom stereocenters. The number of hydrogen-bond donors (Lipinski definition) is 0. The highest BCUT2D eigenvalue weighted by Gasteiger charge is 2.19. The molecule has 3 heterocycles. The summed E-state index contributed by atoms with van der Waals surface area (Å²) in [5, 5.41) is 9.48. The maximum Gasteiger partial charge on any atom is 0.257 e. The zero-order valence-electron chi connectivity index (χ0n) is 17.8. The lowest BCUT2D eigenvalue weighted by Crippen LogP contribution is -2.26. The van der Waals surface area contributed by atoms with E-state index in [4.69, 9.17) is 9.62 Å². The second-order valence-electron chi connectivity index (χ2n) is 7.65. The van der Waals surface area contributed by atoms with E-state index in [1.807, 2.05) is 78.5 Å². The van der Waals surface area contributed by atoms with E-state index >= 15 is 0 Å². The van der Waals surface area contributed by atoms with E-state index in [0.29, 0.717) is 23.5 Å². The number of nitrogens with zero attached hydrogens (tertiary/aromatic N) is 5. The zero-order chi connectivity index (χ0) is 22.1. The Morgan fingerprint density at radius 3 is 2.53 bits per heavy atom. The molecule has 0 aliphatic heterocycles. The highest BCUT2D eigenvalue weighted by atomic mass is 16.5. The van der Waals surface area contributed by atoms with Gasteiger partial charge in [-0.3, -0.25) is 4.79 Å². The first-order valence-electron chi connectivity index (χ1n) is 10.3. The lowest BCUT2D eigenvalue weighted by Gasteiger charge is -2.17. The van der Waals surface area contributed by atoms with E-state index in [1.165, 1.54) is 6.20 Å². The Morgan fingerprint density at radius 1 is 1.06 bits per heavy atom. The molecule has 0 fully saturated rings. The molecule has 0 radical (unpaired) electrons. The molecule has 0 saturated carbocycles. The number of pyridine rings is 1. The van der Waals surface area contributed by atoms with Gasteiger partial charge in [-0.05, 0) is 25.1 Å².